The van der Waals surface area contributed by atoms with E-state index in [-0.39, 0.29) is 18.0 Å². The number of aromatic nitrogens is 2. The molecule has 0 saturated carbocycles. The van der Waals surface area contributed by atoms with Crippen molar-refractivity contribution >= 4 is 33.7 Å². The fourth-order valence-electron chi connectivity index (χ4n) is 4.50. The molecule has 0 radical (unpaired) electrons. The molecule has 1 N–H and O–H groups in total. The normalized spacial score (nSPS) is 11.3. The summed E-state index contributed by atoms with van der Waals surface area (Å²) in [6.45, 7) is 5.58. The van der Waals surface area contributed by atoms with Crippen LogP contribution in [0.4, 0.5) is 5.69 Å². The van der Waals surface area contributed by atoms with Crippen LogP contribution in [0.15, 0.2) is 80.7 Å². The summed E-state index contributed by atoms with van der Waals surface area (Å²) in [6.07, 6.45) is 0. The smallest absolute Gasteiger partial charge is 0.336 e. The van der Waals surface area contributed by atoms with Gasteiger partial charge in [0.1, 0.15) is 17.6 Å². The Morgan fingerprint density at radius 1 is 0.912 bits per heavy atom. The third kappa shape index (κ3) is 3.51. The van der Waals surface area contributed by atoms with E-state index in [4.69, 9.17) is 4.42 Å². The topological polar surface area (TPSA) is 86.2 Å². The fraction of sp³-hybridized carbons (Fsp3) is 0.148. The Balaban J connectivity index is 1.70. The summed E-state index contributed by atoms with van der Waals surface area (Å²) in [5.41, 5.74) is 3.73. The van der Waals surface area contributed by atoms with E-state index in [9.17, 15) is 14.4 Å². The summed E-state index contributed by atoms with van der Waals surface area (Å²) in [7, 11) is 0. The highest BCUT2D eigenvalue weighted by atomic mass is 16.3. The van der Waals surface area contributed by atoms with Gasteiger partial charge in [-0.25, -0.2) is 9.36 Å². The molecular formula is C27H23N3O4. The first kappa shape index (κ1) is 21.5. The first-order chi connectivity index (χ1) is 16.3. The fourth-order valence-corrected chi connectivity index (χ4v) is 4.50. The van der Waals surface area contributed by atoms with E-state index < -0.39 is 11.2 Å². The van der Waals surface area contributed by atoms with Gasteiger partial charge in [-0.3, -0.25) is 14.2 Å². The van der Waals surface area contributed by atoms with Crippen LogP contribution in [-0.4, -0.2) is 15.0 Å². The molecule has 0 spiro atoms. The van der Waals surface area contributed by atoms with Crippen molar-refractivity contribution in [1.29, 1.82) is 0 Å². The van der Waals surface area contributed by atoms with Crippen LogP contribution in [-0.2, 0) is 11.3 Å². The maximum absolute atomic E-state index is 13.6. The number of carbonyl (C=O) groups excluding carboxylic acids is 1. The zero-order chi connectivity index (χ0) is 24.0. The largest absolute Gasteiger partial charge is 0.449 e. The number of anilines is 1. The molecule has 0 aliphatic heterocycles. The first-order valence-corrected chi connectivity index (χ1v) is 11.0. The minimum absolute atomic E-state index is 0.0279. The van der Waals surface area contributed by atoms with Crippen molar-refractivity contribution < 1.29 is 9.21 Å². The van der Waals surface area contributed by atoms with Gasteiger partial charge >= 0.3 is 11.2 Å². The number of furan rings is 1. The molecule has 0 aliphatic rings. The molecule has 7 nitrogen and oxygen atoms in total. The highest BCUT2D eigenvalue weighted by Crippen LogP contribution is 2.26. The van der Waals surface area contributed by atoms with Gasteiger partial charge in [0.2, 0.25) is 11.5 Å². The Kier molecular flexibility index (Phi) is 5.17. The van der Waals surface area contributed by atoms with Crippen molar-refractivity contribution in [2.75, 3.05) is 5.32 Å². The van der Waals surface area contributed by atoms with Crippen LogP contribution in [0.5, 0.6) is 0 Å². The minimum Gasteiger partial charge on any atom is -0.449 e. The number of nitrogens with one attached hydrogen (secondary N) is 1. The number of benzene rings is 3. The van der Waals surface area contributed by atoms with Crippen LogP contribution >= 0.6 is 0 Å². The lowest BCUT2D eigenvalue weighted by molar-refractivity contribution is -0.116. The zero-order valence-electron chi connectivity index (χ0n) is 19.1. The van der Waals surface area contributed by atoms with Crippen LogP contribution in [0.25, 0.3) is 27.8 Å². The van der Waals surface area contributed by atoms with E-state index in [1.807, 2.05) is 32.9 Å². The molecule has 170 valence electrons. The second-order valence-corrected chi connectivity index (χ2v) is 8.44. The van der Waals surface area contributed by atoms with Crippen molar-refractivity contribution in [3.8, 4) is 5.69 Å². The number of fused-ring (bicyclic) bond motifs is 3. The molecular weight excluding hydrogens is 430 g/mol. The SMILES string of the molecule is Cc1cc(C)c(NC(=O)Cn2c(=O)n(-c3ccccc3)c(=O)c3oc4ccccc4c32)c(C)c1. The van der Waals surface area contributed by atoms with Gasteiger partial charge in [-0.15, -0.1) is 0 Å². The predicted octanol–water partition coefficient (Wildman–Crippen LogP) is 4.46. The molecule has 34 heavy (non-hydrogen) atoms. The number of rotatable bonds is 4. The Labute approximate surface area is 194 Å². The minimum atomic E-state index is -0.609. The summed E-state index contributed by atoms with van der Waals surface area (Å²) in [6, 6.07) is 19.7. The van der Waals surface area contributed by atoms with Crippen molar-refractivity contribution in [3.05, 3.63) is 104 Å². The van der Waals surface area contributed by atoms with Crippen LogP contribution < -0.4 is 16.6 Å². The van der Waals surface area contributed by atoms with Gasteiger partial charge in [-0.2, -0.15) is 0 Å². The molecule has 5 aromatic rings. The van der Waals surface area contributed by atoms with Crippen molar-refractivity contribution in [3.63, 3.8) is 0 Å². The number of hydrogen-bond acceptors (Lipinski definition) is 4. The molecule has 2 aromatic heterocycles. The third-order valence-electron chi connectivity index (χ3n) is 5.92. The average Bonchev–Trinajstić information content (AvgIpc) is 3.20. The van der Waals surface area contributed by atoms with E-state index in [0.29, 0.717) is 27.9 Å². The van der Waals surface area contributed by atoms with E-state index in [2.05, 4.69) is 5.32 Å². The number of hydrogen-bond donors (Lipinski definition) is 1. The highest BCUT2D eigenvalue weighted by molar-refractivity contribution is 6.03. The molecule has 0 aliphatic carbocycles. The quantitative estimate of drug-likeness (QED) is 0.435. The van der Waals surface area contributed by atoms with Crippen LogP contribution in [0, 0.1) is 20.8 Å². The molecule has 5 rings (SSSR count). The number of carbonyl (C=O) groups is 1. The van der Waals surface area contributed by atoms with Crippen LogP contribution in [0.3, 0.4) is 0 Å². The van der Waals surface area contributed by atoms with E-state index in [1.165, 1.54) is 4.57 Å². The molecule has 0 atom stereocenters. The van der Waals surface area contributed by atoms with Gasteiger partial charge in [0.25, 0.3) is 0 Å². The number of nitrogens with zero attached hydrogens (tertiary/aromatic N) is 2. The molecule has 0 saturated heterocycles. The molecule has 1 amide bonds. The molecule has 7 heteroatoms. The highest BCUT2D eigenvalue weighted by Gasteiger charge is 2.22. The molecule has 3 aromatic carbocycles. The lowest BCUT2D eigenvalue weighted by atomic mass is 10.1. The van der Waals surface area contributed by atoms with Gasteiger partial charge in [0, 0.05) is 11.1 Å². The Bertz CT molecular complexity index is 1670. The summed E-state index contributed by atoms with van der Waals surface area (Å²) < 4.78 is 8.22. The van der Waals surface area contributed by atoms with E-state index >= 15 is 0 Å². The second kappa shape index (κ2) is 8.19. The van der Waals surface area contributed by atoms with E-state index in [1.54, 1.807) is 54.6 Å². The summed E-state index contributed by atoms with van der Waals surface area (Å²) in [4.78, 5) is 40.1. The maximum atomic E-state index is 13.6. The van der Waals surface area contributed by atoms with Gasteiger partial charge in [0.05, 0.1) is 5.69 Å². The lowest BCUT2D eigenvalue weighted by Crippen LogP contribution is -2.40. The van der Waals surface area contributed by atoms with Crippen LogP contribution in [0.2, 0.25) is 0 Å². The lowest BCUT2D eigenvalue weighted by Gasteiger charge is -2.15. The summed E-state index contributed by atoms with van der Waals surface area (Å²) >= 11 is 0. The van der Waals surface area contributed by atoms with Gasteiger partial charge in [-0.05, 0) is 56.2 Å². The maximum Gasteiger partial charge on any atom is 0.336 e. The first-order valence-electron chi connectivity index (χ1n) is 11.0. The standard InChI is InChI=1S/C27H23N3O4/c1-16-13-17(2)23(18(3)14-16)28-22(31)15-29-24-20-11-7-8-12-21(20)34-25(24)26(32)30(27(29)33)19-9-5-4-6-10-19/h4-14H,15H2,1-3H3,(H,28,31). The van der Waals surface area contributed by atoms with Crippen molar-refractivity contribution in [1.82, 2.24) is 9.13 Å². The van der Waals surface area contributed by atoms with Crippen molar-refractivity contribution in [2.24, 2.45) is 0 Å². The Morgan fingerprint density at radius 2 is 1.56 bits per heavy atom. The van der Waals surface area contributed by atoms with Crippen molar-refractivity contribution in [2.45, 2.75) is 27.3 Å². The Hall–Kier alpha value is -4.39. The predicted molar refractivity (Wildman–Crippen MR) is 133 cm³/mol. The van der Waals surface area contributed by atoms with Gasteiger partial charge in [-0.1, -0.05) is 48.0 Å². The Morgan fingerprint density at radius 3 is 2.26 bits per heavy atom. The van der Waals surface area contributed by atoms with E-state index in [0.717, 1.165) is 21.3 Å². The third-order valence-corrected chi connectivity index (χ3v) is 5.92. The second-order valence-electron chi connectivity index (χ2n) is 8.44. The monoisotopic (exact) mass is 453 g/mol. The van der Waals surface area contributed by atoms with Gasteiger partial charge in [0.15, 0.2) is 0 Å². The molecule has 0 bridgehead atoms. The number of para-hydroxylation sites is 2. The molecule has 0 unspecified atom stereocenters. The van der Waals surface area contributed by atoms with Gasteiger partial charge < -0.3 is 9.73 Å². The summed E-state index contributed by atoms with van der Waals surface area (Å²) in [5, 5.41) is 3.54. The zero-order valence-corrected chi connectivity index (χ0v) is 19.1. The summed E-state index contributed by atoms with van der Waals surface area (Å²) in [5.74, 6) is -0.373. The molecule has 0 fully saturated rings. The number of aryl methyl sites for hydroxylation is 3. The molecule has 2 heterocycles. The average molecular weight is 453 g/mol. The van der Waals surface area contributed by atoms with Crippen LogP contribution in [0.1, 0.15) is 16.7 Å². The number of amides is 1.